The van der Waals surface area contributed by atoms with Gasteiger partial charge in [-0.05, 0) is 31.9 Å². The molecule has 110 valence electrons. The van der Waals surface area contributed by atoms with E-state index >= 15 is 0 Å². The lowest BCUT2D eigenvalue weighted by atomic mass is 9.94. The van der Waals surface area contributed by atoms with Gasteiger partial charge in [0.25, 0.3) is 0 Å². The number of rotatable bonds is 6. The lowest BCUT2D eigenvalue weighted by Gasteiger charge is -2.26. The molecule has 1 aromatic carbocycles. The maximum atomic E-state index is 12.3. The summed E-state index contributed by atoms with van der Waals surface area (Å²) < 4.78 is 27.1. The van der Waals surface area contributed by atoms with Crippen molar-refractivity contribution in [2.45, 2.75) is 37.1 Å². The highest BCUT2D eigenvalue weighted by Gasteiger charge is 2.32. The molecule has 1 aromatic rings. The van der Waals surface area contributed by atoms with Crippen LogP contribution in [-0.4, -0.2) is 25.9 Å². The summed E-state index contributed by atoms with van der Waals surface area (Å²) in [6.45, 7) is 2.26. The van der Waals surface area contributed by atoms with E-state index in [1.165, 1.54) is 18.2 Å². The van der Waals surface area contributed by atoms with Crippen molar-refractivity contribution in [3.63, 3.8) is 0 Å². The number of anilines is 1. The van der Waals surface area contributed by atoms with Crippen LogP contribution in [0.25, 0.3) is 0 Å². The van der Waals surface area contributed by atoms with Crippen LogP contribution in [0.2, 0.25) is 0 Å². The van der Waals surface area contributed by atoms with Gasteiger partial charge in [-0.3, -0.25) is 10.1 Å². The molecule has 20 heavy (non-hydrogen) atoms. The topological polar surface area (TPSA) is 101 Å². The molecule has 0 amide bonds. The van der Waals surface area contributed by atoms with E-state index in [4.69, 9.17) is 0 Å². The van der Waals surface area contributed by atoms with E-state index in [-0.39, 0.29) is 16.6 Å². The van der Waals surface area contributed by atoms with E-state index in [1.807, 2.05) is 0 Å². The van der Waals surface area contributed by atoms with Crippen molar-refractivity contribution in [2.24, 2.45) is 0 Å². The van der Waals surface area contributed by atoms with Gasteiger partial charge < -0.3 is 5.32 Å². The molecule has 0 saturated heterocycles. The fourth-order valence-electron chi connectivity index (χ4n) is 2.07. The molecule has 0 unspecified atom stereocenters. The third kappa shape index (κ3) is 2.91. The number of nitrogens with one attached hydrogen (secondary N) is 2. The lowest BCUT2D eigenvalue weighted by Crippen LogP contribution is -2.39. The second-order valence-electron chi connectivity index (χ2n) is 4.69. The first-order valence-electron chi connectivity index (χ1n) is 6.49. The van der Waals surface area contributed by atoms with Gasteiger partial charge in [0.2, 0.25) is 10.0 Å². The SMILES string of the molecule is CCNc1cccc(S(=O)(=O)NC2CCC2)c1[N+](=O)[O-]. The highest BCUT2D eigenvalue weighted by molar-refractivity contribution is 7.89. The summed E-state index contributed by atoms with van der Waals surface area (Å²) in [4.78, 5) is 10.3. The van der Waals surface area contributed by atoms with Crippen molar-refractivity contribution in [1.82, 2.24) is 4.72 Å². The Morgan fingerprint density at radius 2 is 2.10 bits per heavy atom. The van der Waals surface area contributed by atoms with E-state index in [0.717, 1.165) is 19.3 Å². The number of nitro groups is 1. The summed E-state index contributed by atoms with van der Waals surface area (Å²) in [5.74, 6) is 0. The summed E-state index contributed by atoms with van der Waals surface area (Å²) in [5.41, 5.74) is -0.185. The molecule has 2 rings (SSSR count). The van der Waals surface area contributed by atoms with Crippen molar-refractivity contribution in [1.29, 1.82) is 0 Å². The zero-order valence-electron chi connectivity index (χ0n) is 11.1. The van der Waals surface area contributed by atoms with Crippen molar-refractivity contribution < 1.29 is 13.3 Å². The molecule has 0 atom stereocenters. The third-order valence-electron chi connectivity index (χ3n) is 3.27. The third-order valence-corrected chi connectivity index (χ3v) is 4.82. The van der Waals surface area contributed by atoms with E-state index in [9.17, 15) is 18.5 Å². The van der Waals surface area contributed by atoms with E-state index in [1.54, 1.807) is 6.92 Å². The second-order valence-corrected chi connectivity index (χ2v) is 6.37. The molecular formula is C12H17N3O4S. The van der Waals surface area contributed by atoms with Crippen molar-refractivity contribution in [3.05, 3.63) is 28.3 Å². The van der Waals surface area contributed by atoms with Crippen LogP contribution in [0.15, 0.2) is 23.1 Å². The molecule has 1 fully saturated rings. The first-order valence-corrected chi connectivity index (χ1v) is 7.97. The zero-order chi connectivity index (χ0) is 14.8. The van der Waals surface area contributed by atoms with Crippen LogP contribution in [0, 0.1) is 10.1 Å². The summed E-state index contributed by atoms with van der Waals surface area (Å²) in [6.07, 6.45) is 2.53. The maximum Gasteiger partial charge on any atom is 0.312 e. The molecule has 0 spiro atoms. The minimum atomic E-state index is -3.87. The standard InChI is InChI=1S/C12H17N3O4S/c1-2-13-10-7-4-8-11(12(10)15(16)17)20(18,19)14-9-5-3-6-9/h4,7-9,13-14H,2-3,5-6H2,1H3. The average molecular weight is 299 g/mol. The fraction of sp³-hybridized carbons (Fsp3) is 0.500. The predicted octanol–water partition coefficient (Wildman–Crippen LogP) is 1.86. The number of hydrogen-bond acceptors (Lipinski definition) is 5. The van der Waals surface area contributed by atoms with Crippen molar-refractivity contribution in [2.75, 3.05) is 11.9 Å². The molecule has 0 aliphatic heterocycles. The van der Waals surface area contributed by atoms with Gasteiger partial charge in [0.05, 0.1) is 4.92 Å². The Balaban J connectivity index is 2.43. The summed E-state index contributed by atoms with van der Waals surface area (Å²) in [7, 11) is -3.87. The van der Waals surface area contributed by atoms with Gasteiger partial charge in [-0.1, -0.05) is 12.5 Å². The Hall–Kier alpha value is -1.67. The first-order chi connectivity index (χ1) is 9.45. The molecular weight excluding hydrogens is 282 g/mol. The molecule has 0 heterocycles. The van der Waals surface area contributed by atoms with Gasteiger partial charge in [-0.2, -0.15) is 0 Å². The van der Waals surface area contributed by atoms with E-state index in [2.05, 4.69) is 10.0 Å². The minimum Gasteiger partial charge on any atom is -0.380 e. The van der Waals surface area contributed by atoms with Crippen LogP contribution in [0.5, 0.6) is 0 Å². The van der Waals surface area contributed by atoms with Crippen LogP contribution < -0.4 is 10.0 Å². The van der Waals surface area contributed by atoms with Crippen molar-refractivity contribution >= 4 is 21.4 Å². The number of para-hydroxylation sites is 1. The molecule has 1 saturated carbocycles. The summed E-state index contributed by atoms with van der Waals surface area (Å²) in [5, 5.41) is 14.0. The normalized spacial score (nSPS) is 15.7. The summed E-state index contributed by atoms with van der Waals surface area (Å²) in [6, 6.07) is 4.16. The lowest BCUT2D eigenvalue weighted by molar-refractivity contribution is -0.386. The van der Waals surface area contributed by atoms with Gasteiger partial charge in [0.15, 0.2) is 4.90 Å². The number of nitrogens with zero attached hydrogens (tertiary/aromatic N) is 1. The van der Waals surface area contributed by atoms with Gasteiger partial charge in [0.1, 0.15) is 5.69 Å². The average Bonchev–Trinajstić information content (AvgIpc) is 2.34. The smallest absolute Gasteiger partial charge is 0.312 e. The second kappa shape index (κ2) is 5.76. The monoisotopic (exact) mass is 299 g/mol. The molecule has 0 aromatic heterocycles. The maximum absolute atomic E-state index is 12.3. The fourth-order valence-corrected chi connectivity index (χ4v) is 3.57. The Labute approximate surface area is 117 Å². The number of nitro benzene ring substituents is 1. The van der Waals surface area contributed by atoms with Crippen molar-refractivity contribution in [3.8, 4) is 0 Å². The van der Waals surface area contributed by atoms with Gasteiger partial charge in [-0.25, -0.2) is 13.1 Å². The molecule has 1 aliphatic rings. The Bertz CT molecular complexity index is 611. The first kappa shape index (κ1) is 14.7. The Morgan fingerprint density at radius 3 is 2.60 bits per heavy atom. The molecule has 1 aliphatic carbocycles. The number of hydrogen-bond donors (Lipinski definition) is 2. The molecule has 2 N–H and O–H groups in total. The predicted molar refractivity (Wildman–Crippen MR) is 75.2 cm³/mol. The van der Waals surface area contributed by atoms with Crippen LogP contribution in [0.4, 0.5) is 11.4 Å². The van der Waals surface area contributed by atoms with Gasteiger partial charge >= 0.3 is 5.69 Å². The highest BCUT2D eigenvalue weighted by atomic mass is 32.2. The molecule has 8 heteroatoms. The molecule has 0 radical (unpaired) electrons. The Kier molecular flexibility index (Phi) is 4.24. The quantitative estimate of drug-likeness (QED) is 0.616. The Morgan fingerprint density at radius 1 is 1.40 bits per heavy atom. The van der Waals surface area contributed by atoms with Crippen LogP contribution >= 0.6 is 0 Å². The van der Waals surface area contributed by atoms with E-state index in [0.29, 0.717) is 6.54 Å². The molecule has 0 bridgehead atoms. The number of sulfonamides is 1. The van der Waals surface area contributed by atoms with Gasteiger partial charge in [0, 0.05) is 12.6 Å². The largest absolute Gasteiger partial charge is 0.380 e. The summed E-state index contributed by atoms with van der Waals surface area (Å²) >= 11 is 0. The van der Waals surface area contributed by atoms with Crippen LogP contribution in [0.1, 0.15) is 26.2 Å². The van der Waals surface area contributed by atoms with E-state index < -0.39 is 20.6 Å². The van der Waals surface area contributed by atoms with Crippen LogP contribution in [-0.2, 0) is 10.0 Å². The van der Waals surface area contributed by atoms with Crippen LogP contribution in [0.3, 0.4) is 0 Å². The zero-order valence-corrected chi connectivity index (χ0v) is 11.9. The molecule has 7 nitrogen and oxygen atoms in total. The minimum absolute atomic E-state index is 0.109. The number of benzene rings is 1. The van der Waals surface area contributed by atoms with Gasteiger partial charge in [-0.15, -0.1) is 0 Å². The highest BCUT2D eigenvalue weighted by Crippen LogP contribution is 2.32.